The van der Waals surface area contributed by atoms with Gasteiger partial charge in [0.05, 0.1) is 25.8 Å². The van der Waals surface area contributed by atoms with Gasteiger partial charge in [0.15, 0.2) is 11.5 Å². The molecule has 0 spiro atoms. The molecule has 2 aliphatic rings. The quantitative estimate of drug-likeness (QED) is 0.814. The number of ether oxygens (including phenoxy) is 2. The number of rotatable bonds is 3. The van der Waals surface area contributed by atoms with E-state index in [0.29, 0.717) is 31.3 Å². The van der Waals surface area contributed by atoms with E-state index in [2.05, 4.69) is 9.88 Å². The first-order chi connectivity index (χ1) is 15.2. The fraction of sp³-hybridized carbons (Fsp3) is 0.500. The number of carbonyl (C=O) groups is 1. The topological polar surface area (TPSA) is 75.1 Å². The number of amides is 1. The molecule has 166 valence electrons. The SMILES string of the molecule is O=C(CN1CCCCCOc2ccccc2Oc2ncccc2C1)N1CCCC1CO. The summed E-state index contributed by atoms with van der Waals surface area (Å²) in [6, 6.07) is 11.5. The van der Waals surface area contributed by atoms with Gasteiger partial charge in [-0.15, -0.1) is 0 Å². The van der Waals surface area contributed by atoms with Crippen molar-refractivity contribution in [2.75, 3.05) is 32.8 Å². The molecule has 1 amide bonds. The normalized spacial score (nSPS) is 20.3. The number of likely N-dealkylation sites (tertiary alicyclic amines) is 1. The molecule has 0 bridgehead atoms. The lowest BCUT2D eigenvalue weighted by molar-refractivity contribution is -0.134. The number of hydrogen-bond acceptors (Lipinski definition) is 6. The summed E-state index contributed by atoms with van der Waals surface area (Å²) in [6.45, 7) is 3.11. The highest BCUT2D eigenvalue weighted by atomic mass is 16.5. The van der Waals surface area contributed by atoms with E-state index >= 15 is 0 Å². The zero-order chi connectivity index (χ0) is 21.5. The van der Waals surface area contributed by atoms with Crippen molar-refractivity contribution in [3.05, 3.63) is 48.2 Å². The fourth-order valence-corrected chi connectivity index (χ4v) is 4.28. The first-order valence-electron chi connectivity index (χ1n) is 11.2. The predicted octanol–water partition coefficient (Wildman–Crippen LogP) is 3.22. The summed E-state index contributed by atoms with van der Waals surface area (Å²) in [5.41, 5.74) is 0.935. The Labute approximate surface area is 183 Å². The van der Waals surface area contributed by atoms with Gasteiger partial charge < -0.3 is 19.5 Å². The van der Waals surface area contributed by atoms with Crippen LogP contribution in [0.1, 0.15) is 37.7 Å². The summed E-state index contributed by atoms with van der Waals surface area (Å²) < 4.78 is 12.1. The van der Waals surface area contributed by atoms with E-state index in [-0.39, 0.29) is 18.6 Å². The second kappa shape index (κ2) is 10.6. The zero-order valence-corrected chi connectivity index (χ0v) is 17.9. The molecule has 1 aromatic heterocycles. The van der Waals surface area contributed by atoms with Crippen LogP contribution < -0.4 is 9.47 Å². The van der Waals surface area contributed by atoms with Crippen LogP contribution in [0.2, 0.25) is 0 Å². The largest absolute Gasteiger partial charge is 0.490 e. The van der Waals surface area contributed by atoms with Gasteiger partial charge in [0.1, 0.15) is 0 Å². The van der Waals surface area contributed by atoms with Crippen molar-refractivity contribution in [2.45, 2.75) is 44.7 Å². The molecular formula is C24H31N3O4. The van der Waals surface area contributed by atoms with Crippen molar-refractivity contribution >= 4 is 5.91 Å². The van der Waals surface area contributed by atoms with E-state index < -0.39 is 0 Å². The molecule has 3 heterocycles. The summed E-state index contributed by atoms with van der Waals surface area (Å²) >= 11 is 0. The average Bonchev–Trinajstić information content (AvgIpc) is 3.27. The number of hydrogen-bond donors (Lipinski definition) is 1. The molecule has 1 atom stereocenters. The standard InChI is InChI=1S/C24H31N3O4/c28-18-20-9-7-14-27(20)23(29)17-26-13-4-1-5-15-30-21-10-2-3-11-22(21)31-24-19(16-26)8-6-12-25-24/h2-3,6,8,10-12,20,28H,1,4-5,7,9,13-18H2. The molecule has 7 nitrogen and oxygen atoms in total. The Bertz CT molecular complexity index is 875. The molecule has 0 radical (unpaired) electrons. The maximum absolute atomic E-state index is 13.0. The third-order valence-corrected chi connectivity index (χ3v) is 5.94. The van der Waals surface area contributed by atoms with Crippen LogP contribution in [-0.2, 0) is 11.3 Å². The van der Waals surface area contributed by atoms with Gasteiger partial charge in [-0.2, -0.15) is 0 Å². The summed E-state index contributed by atoms with van der Waals surface area (Å²) in [6.07, 6.45) is 6.50. The molecule has 1 aromatic carbocycles. The minimum Gasteiger partial charge on any atom is -0.490 e. The summed E-state index contributed by atoms with van der Waals surface area (Å²) in [7, 11) is 0. The molecule has 1 fully saturated rings. The minimum atomic E-state index is -0.0469. The van der Waals surface area contributed by atoms with Crippen LogP contribution in [0, 0.1) is 0 Å². The lowest BCUT2D eigenvalue weighted by Crippen LogP contribution is -2.44. The summed E-state index contributed by atoms with van der Waals surface area (Å²) in [4.78, 5) is 21.5. The van der Waals surface area contributed by atoms with Crippen LogP contribution in [0.25, 0.3) is 0 Å². The molecule has 2 aromatic rings. The van der Waals surface area contributed by atoms with E-state index in [0.717, 1.165) is 56.5 Å². The lowest BCUT2D eigenvalue weighted by Gasteiger charge is -2.28. The van der Waals surface area contributed by atoms with E-state index in [4.69, 9.17) is 9.47 Å². The van der Waals surface area contributed by atoms with Gasteiger partial charge in [-0.1, -0.05) is 18.2 Å². The summed E-state index contributed by atoms with van der Waals surface area (Å²) in [5.74, 6) is 1.98. The third-order valence-electron chi connectivity index (χ3n) is 5.94. The Balaban J connectivity index is 1.54. The fourth-order valence-electron chi connectivity index (χ4n) is 4.28. The number of carbonyl (C=O) groups excluding carboxylic acids is 1. The van der Waals surface area contributed by atoms with Gasteiger partial charge in [0.2, 0.25) is 11.8 Å². The second-order valence-electron chi connectivity index (χ2n) is 8.20. The smallest absolute Gasteiger partial charge is 0.237 e. The molecule has 1 unspecified atom stereocenters. The Morgan fingerprint density at radius 3 is 2.81 bits per heavy atom. The van der Waals surface area contributed by atoms with E-state index in [1.165, 1.54) is 0 Å². The van der Waals surface area contributed by atoms with Crippen molar-refractivity contribution in [1.29, 1.82) is 0 Å². The highest BCUT2D eigenvalue weighted by molar-refractivity contribution is 5.79. The average molecular weight is 426 g/mol. The van der Waals surface area contributed by atoms with Crippen LogP contribution in [0.15, 0.2) is 42.6 Å². The first-order valence-corrected chi connectivity index (χ1v) is 11.2. The van der Waals surface area contributed by atoms with Crippen LogP contribution in [0.3, 0.4) is 0 Å². The van der Waals surface area contributed by atoms with E-state index in [1.807, 2.05) is 41.3 Å². The monoisotopic (exact) mass is 425 g/mol. The Morgan fingerprint density at radius 2 is 1.94 bits per heavy atom. The zero-order valence-electron chi connectivity index (χ0n) is 17.9. The number of nitrogens with zero attached hydrogens (tertiary/aromatic N) is 3. The third kappa shape index (κ3) is 5.54. The molecule has 31 heavy (non-hydrogen) atoms. The number of pyridine rings is 1. The maximum atomic E-state index is 13.0. The van der Waals surface area contributed by atoms with Gasteiger partial charge >= 0.3 is 0 Å². The van der Waals surface area contributed by atoms with Crippen molar-refractivity contribution in [1.82, 2.24) is 14.8 Å². The summed E-state index contributed by atoms with van der Waals surface area (Å²) in [5, 5.41) is 9.59. The number of aliphatic hydroxyl groups is 1. The van der Waals surface area contributed by atoms with E-state index in [9.17, 15) is 9.90 Å². The van der Waals surface area contributed by atoms with Crippen LogP contribution >= 0.6 is 0 Å². The number of aromatic nitrogens is 1. The van der Waals surface area contributed by atoms with Gasteiger partial charge in [-0.25, -0.2) is 4.98 Å². The van der Waals surface area contributed by atoms with Crippen molar-refractivity contribution in [3.63, 3.8) is 0 Å². The molecule has 2 aliphatic heterocycles. The molecular weight excluding hydrogens is 394 g/mol. The highest BCUT2D eigenvalue weighted by Gasteiger charge is 2.29. The van der Waals surface area contributed by atoms with Crippen molar-refractivity contribution in [3.8, 4) is 17.4 Å². The highest BCUT2D eigenvalue weighted by Crippen LogP contribution is 2.32. The van der Waals surface area contributed by atoms with Crippen LogP contribution in [0.5, 0.6) is 17.4 Å². The Hall–Kier alpha value is -2.64. The number of benzene rings is 1. The molecule has 0 saturated carbocycles. The van der Waals surface area contributed by atoms with Crippen LogP contribution in [0.4, 0.5) is 0 Å². The second-order valence-corrected chi connectivity index (χ2v) is 8.20. The lowest BCUT2D eigenvalue weighted by atomic mass is 10.2. The van der Waals surface area contributed by atoms with Gasteiger partial charge in [-0.3, -0.25) is 9.69 Å². The Kier molecular flexibility index (Phi) is 7.38. The van der Waals surface area contributed by atoms with Gasteiger partial charge in [-0.05, 0) is 56.8 Å². The maximum Gasteiger partial charge on any atom is 0.237 e. The number of aliphatic hydroxyl groups excluding tert-OH is 1. The van der Waals surface area contributed by atoms with Gasteiger partial charge in [0, 0.05) is 24.8 Å². The number of para-hydroxylation sites is 2. The van der Waals surface area contributed by atoms with E-state index in [1.54, 1.807) is 6.20 Å². The molecule has 1 N–H and O–H groups in total. The van der Waals surface area contributed by atoms with Crippen molar-refractivity contribution in [2.24, 2.45) is 0 Å². The first kappa shape index (κ1) is 21.6. The molecule has 1 saturated heterocycles. The van der Waals surface area contributed by atoms with Gasteiger partial charge in [0.25, 0.3) is 0 Å². The molecule has 7 heteroatoms. The predicted molar refractivity (Wildman–Crippen MR) is 117 cm³/mol. The van der Waals surface area contributed by atoms with Crippen LogP contribution in [-0.4, -0.2) is 64.7 Å². The molecule has 4 rings (SSSR count). The van der Waals surface area contributed by atoms with Crippen molar-refractivity contribution < 1.29 is 19.4 Å². The minimum absolute atomic E-state index is 0.0335. The molecule has 0 aliphatic carbocycles. The Morgan fingerprint density at radius 1 is 1.06 bits per heavy atom. The number of fused-ring (bicyclic) bond motifs is 2.